The van der Waals surface area contributed by atoms with Gasteiger partial charge < -0.3 is 0 Å². The molecule has 0 bridgehead atoms. The van der Waals surface area contributed by atoms with Gasteiger partial charge in [-0.15, -0.1) is 0 Å². The molecular formula is C43H51Cl2SiZr. The van der Waals surface area contributed by atoms with Gasteiger partial charge in [-0.2, -0.15) is 0 Å². The van der Waals surface area contributed by atoms with E-state index in [0.717, 1.165) is 6.42 Å². The van der Waals surface area contributed by atoms with Crippen molar-refractivity contribution < 1.29 is 15.6 Å². The Labute approximate surface area is 293 Å². The molecule has 47 heavy (non-hydrogen) atoms. The Hall–Kier alpha value is -1.96. The molecule has 6 rings (SSSR count). The Morgan fingerprint density at radius 2 is 1.09 bits per heavy atom. The number of fused-ring (bicyclic) bond motifs is 2. The molecule has 245 valence electrons. The Bertz CT molecular complexity index is 1860. The fourth-order valence-corrected chi connectivity index (χ4v) is 40.5. The second kappa shape index (κ2) is 13.1. The molecular weight excluding hydrogens is 707 g/mol. The summed E-state index contributed by atoms with van der Waals surface area (Å²) in [7, 11) is 17.3. The average molecular weight is 758 g/mol. The summed E-state index contributed by atoms with van der Waals surface area (Å²) in [6, 6.07) is 32.1. The summed E-state index contributed by atoms with van der Waals surface area (Å²) in [6.45, 7) is 20.9. The van der Waals surface area contributed by atoms with Crippen molar-refractivity contribution in [1.29, 1.82) is 0 Å². The summed E-state index contributed by atoms with van der Waals surface area (Å²) in [6.07, 6.45) is 6.01. The molecule has 0 saturated heterocycles. The van der Waals surface area contributed by atoms with Crippen LogP contribution in [0.25, 0.3) is 34.4 Å². The van der Waals surface area contributed by atoms with Gasteiger partial charge in [-0.1, -0.05) is 0 Å². The van der Waals surface area contributed by atoms with Gasteiger partial charge >= 0.3 is 295 Å². The van der Waals surface area contributed by atoms with Crippen LogP contribution in [0.15, 0.2) is 96.1 Å². The van der Waals surface area contributed by atoms with E-state index < -0.39 is 21.5 Å². The third-order valence-electron chi connectivity index (χ3n) is 11.5. The molecule has 4 aromatic carbocycles. The van der Waals surface area contributed by atoms with Crippen molar-refractivity contribution in [3.8, 4) is 22.3 Å². The summed E-state index contributed by atoms with van der Waals surface area (Å²) in [5.74, 6) is -0.204. The minimum atomic E-state index is -4.82. The quantitative estimate of drug-likeness (QED) is 0.149. The van der Waals surface area contributed by atoms with Crippen molar-refractivity contribution in [2.24, 2.45) is 5.92 Å². The Kier molecular flexibility index (Phi) is 9.69. The van der Waals surface area contributed by atoms with E-state index >= 15 is 0 Å². The second-order valence-corrected chi connectivity index (χ2v) is 57.8. The molecule has 2 aliphatic rings. The molecule has 0 saturated carbocycles. The Balaban J connectivity index is 1.54. The molecule has 2 aliphatic carbocycles. The summed E-state index contributed by atoms with van der Waals surface area (Å²) in [5, 5.41) is 0. The molecule has 3 atom stereocenters. The van der Waals surface area contributed by atoms with Crippen molar-refractivity contribution in [3.05, 3.63) is 129 Å². The summed E-state index contributed by atoms with van der Waals surface area (Å²) < 4.78 is 0.188. The number of benzene rings is 4. The van der Waals surface area contributed by atoms with Crippen LogP contribution >= 0.6 is 17.0 Å². The van der Waals surface area contributed by atoms with Crippen LogP contribution < -0.4 is 0 Å². The first-order chi connectivity index (χ1) is 22.3. The van der Waals surface area contributed by atoms with Crippen molar-refractivity contribution >= 4 is 35.1 Å². The van der Waals surface area contributed by atoms with E-state index in [2.05, 4.69) is 159 Å². The van der Waals surface area contributed by atoms with Crippen LogP contribution in [0, 0.1) is 5.92 Å². The van der Waals surface area contributed by atoms with E-state index in [1.165, 1.54) is 66.8 Å². The van der Waals surface area contributed by atoms with Crippen LogP contribution in [0.4, 0.5) is 0 Å². The van der Waals surface area contributed by atoms with Crippen LogP contribution in [0.2, 0.25) is 13.1 Å². The van der Waals surface area contributed by atoms with Gasteiger partial charge in [0.05, 0.1) is 0 Å². The van der Waals surface area contributed by atoms with Gasteiger partial charge in [0.15, 0.2) is 0 Å². The molecule has 0 fully saturated rings. The molecule has 0 N–H and O–H groups in total. The molecule has 3 unspecified atom stereocenters. The fraction of sp³-hybridized carbons (Fsp3) is 0.349. The number of hydrogen-bond acceptors (Lipinski definition) is 0. The summed E-state index contributed by atoms with van der Waals surface area (Å²) >= 11 is -4.82. The van der Waals surface area contributed by atoms with Gasteiger partial charge in [-0.05, 0) is 0 Å². The average Bonchev–Trinajstić information content (AvgIpc) is 3.63. The van der Waals surface area contributed by atoms with Crippen LogP contribution in [-0.4, -0.2) is 5.92 Å². The maximum atomic E-state index is 8.65. The molecule has 4 heteroatoms. The molecule has 0 amide bonds. The maximum absolute atomic E-state index is 8.65. The normalized spacial score (nSPS) is 19.0. The molecule has 0 aromatic heterocycles. The number of halogens is 2. The van der Waals surface area contributed by atoms with E-state index in [9.17, 15) is 0 Å². The van der Waals surface area contributed by atoms with Crippen molar-refractivity contribution in [2.75, 3.05) is 0 Å². The molecule has 0 aliphatic heterocycles. The first-order valence-corrected chi connectivity index (χ1v) is 34.0. The molecule has 0 nitrogen and oxygen atoms in total. The zero-order valence-electron chi connectivity index (χ0n) is 29.7. The first kappa shape index (κ1) is 34.9. The molecule has 0 heterocycles. The standard InChI is InChI=1S/C22H25.C19H19.C2H7Si.2ClH.Zr/c1-5-16(4)20-13-19-7-6-8-21(22(19)14-20)18-11-9-17(10-12-18)15(2)3;1-13(2)15-7-9-16(10-8-15)18-6-4-5-17-11-14(3)12-19(17)18;1-3-2;;;/h6-16H,5H2,1-4H3;4-13H,1-3H3;3H,1-2H3;2*1H;/q;;;;;+2/p-2. The molecule has 4 aromatic rings. The van der Waals surface area contributed by atoms with Gasteiger partial charge in [0, 0.05) is 0 Å². The van der Waals surface area contributed by atoms with E-state index in [-0.39, 0.29) is 7.25 Å². The van der Waals surface area contributed by atoms with E-state index in [4.69, 9.17) is 17.0 Å². The van der Waals surface area contributed by atoms with Crippen LogP contribution in [-0.2, 0) is 15.6 Å². The summed E-state index contributed by atoms with van der Waals surface area (Å²) in [4.78, 5) is 0. The van der Waals surface area contributed by atoms with Gasteiger partial charge in [0.1, 0.15) is 0 Å². The third kappa shape index (κ3) is 5.78. The van der Waals surface area contributed by atoms with Gasteiger partial charge in [0.25, 0.3) is 0 Å². The number of hydrogen-bond donors (Lipinski definition) is 0. The fourth-order valence-electron chi connectivity index (χ4n) is 8.42. The first-order valence-electron chi connectivity index (χ1n) is 17.7. The summed E-state index contributed by atoms with van der Waals surface area (Å²) in [5.41, 5.74) is 16.0. The predicted molar refractivity (Wildman–Crippen MR) is 209 cm³/mol. The zero-order valence-corrected chi connectivity index (χ0v) is 34.8. The zero-order chi connectivity index (χ0) is 33.9. The van der Waals surface area contributed by atoms with Crippen LogP contribution in [0.1, 0.15) is 107 Å². The monoisotopic (exact) mass is 755 g/mol. The molecule has 0 radical (unpaired) electrons. The van der Waals surface area contributed by atoms with E-state index in [1.54, 1.807) is 0 Å². The van der Waals surface area contributed by atoms with Crippen molar-refractivity contribution in [1.82, 2.24) is 0 Å². The van der Waals surface area contributed by atoms with E-state index in [0.29, 0.717) is 17.8 Å². The SMILES string of the molecule is CCC(C)C1=Cc2c(-c3ccc(C(C)C)cc3)cccc2[CH]1[Zr]([Cl])([Cl])([CH]1C(C)=Cc2c(-c3ccc(C(C)C)cc3)cccc21)[SiH](C)C. The molecule has 0 spiro atoms. The Morgan fingerprint density at radius 3 is 1.51 bits per heavy atom. The Morgan fingerprint density at radius 1 is 0.638 bits per heavy atom. The van der Waals surface area contributed by atoms with Crippen molar-refractivity contribution in [2.45, 2.75) is 87.1 Å². The van der Waals surface area contributed by atoms with Crippen LogP contribution in [0.3, 0.4) is 0 Å². The number of rotatable bonds is 9. The number of allylic oxidation sites excluding steroid dienone is 2. The van der Waals surface area contributed by atoms with Gasteiger partial charge in [-0.3, -0.25) is 0 Å². The topological polar surface area (TPSA) is 0 Å². The van der Waals surface area contributed by atoms with E-state index in [1.807, 2.05) is 0 Å². The predicted octanol–water partition coefficient (Wildman–Crippen LogP) is 13.9. The van der Waals surface area contributed by atoms with Crippen LogP contribution in [0.5, 0.6) is 0 Å². The minimum absolute atomic E-state index is 0.0914. The van der Waals surface area contributed by atoms with Gasteiger partial charge in [0.2, 0.25) is 0 Å². The second-order valence-electron chi connectivity index (χ2n) is 15.3. The third-order valence-corrected chi connectivity index (χ3v) is 63.5. The van der Waals surface area contributed by atoms with Gasteiger partial charge in [-0.25, -0.2) is 0 Å². The van der Waals surface area contributed by atoms with Crippen molar-refractivity contribution in [3.63, 3.8) is 0 Å².